The molecule has 7 heteroatoms. The Morgan fingerprint density at radius 1 is 1.13 bits per heavy atom. The molecular weight excluding hydrogens is 323 g/mol. The number of aromatic nitrogens is 1. The van der Waals surface area contributed by atoms with E-state index in [0.29, 0.717) is 17.3 Å². The molecule has 0 radical (unpaired) electrons. The molecule has 120 valence electrons. The maximum absolute atomic E-state index is 14.3. The molecule has 1 aromatic carbocycles. The summed E-state index contributed by atoms with van der Waals surface area (Å²) in [6, 6.07) is 3.33. The molecule has 0 amide bonds. The van der Waals surface area contributed by atoms with Gasteiger partial charge < -0.3 is 5.73 Å². The molecule has 0 bridgehead atoms. The van der Waals surface area contributed by atoms with E-state index in [1.165, 1.54) is 24.0 Å². The average Bonchev–Trinajstić information content (AvgIpc) is 2.46. The van der Waals surface area contributed by atoms with Crippen LogP contribution in [0, 0.1) is 17.5 Å². The van der Waals surface area contributed by atoms with Crippen molar-refractivity contribution in [2.45, 2.75) is 18.9 Å². The van der Waals surface area contributed by atoms with Gasteiger partial charge in [0.15, 0.2) is 5.17 Å². The van der Waals surface area contributed by atoms with E-state index in [1.807, 2.05) is 0 Å². The van der Waals surface area contributed by atoms with Crippen LogP contribution in [0.1, 0.15) is 18.9 Å². The highest BCUT2D eigenvalue weighted by Crippen LogP contribution is 2.38. The zero-order valence-corrected chi connectivity index (χ0v) is 13.1. The lowest BCUT2D eigenvalue weighted by atomic mass is 9.87. The van der Waals surface area contributed by atoms with Crippen molar-refractivity contribution in [3.63, 3.8) is 0 Å². The second-order valence-electron chi connectivity index (χ2n) is 5.53. The minimum atomic E-state index is -0.872. The maximum Gasteiger partial charge on any atom is 0.154 e. The lowest BCUT2D eigenvalue weighted by molar-refractivity contribution is 0.447. The van der Waals surface area contributed by atoms with E-state index in [1.54, 1.807) is 6.92 Å². The lowest BCUT2D eigenvalue weighted by Crippen LogP contribution is -2.29. The molecule has 3 nitrogen and oxygen atoms in total. The van der Waals surface area contributed by atoms with Crippen molar-refractivity contribution in [1.29, 1.82) is 0 Å². The fourth-order valence-corrected chi connectivity index (χ4v) is 3.60. The summed E-state index contributed by atoms with van der Waals surface area (Å²) < 4.78 is 41.8. The van der Waals surface area contributed by atoms with Gasteiger partial charge in [0.25, 0.3) is 0 Å². The third kappa shape index (κ3) is 3.06. The smallest absolute Gasteiger partial charge is 0.154 e. The third-order valence-electron chi connectivity index (χ3n) is 3.85. The predicted octanol–water partition coefficient (Wildman–Crippen LogP) is 3.83. The van der Waals surface area contributed by atoms with Crippen LogP contribution in [0.5, 0.6) is 0 Å². The molecule has 0 fully saturated rings. The van der Waals surface area contributed by atoms with Crippen LogP contribution in [0.3, 0.4) is 0 Å². The number of aliphatic imine (C=N–C) groups is 1. The molecule has 2 heterocycles. The van der Waals surface area contributed by atoms with Crippen molar-refractivity contribution >= 4 is 16.9 Å². The van der Waals surface area contributed by atoms with E-state index >= 15 is 0 Å². The van der Waals surface area contributed by atoms with Crippen LogP contribution < -0.4 is 5.73 Å². The SMILES string of the molecule is CC1(c2cc(-c3cncc(F)c3)c(F)cc2F)CCSC(N)=N1. The number of nitrogens with two attached hydrogens (primary N) is 1. The zero-order valence-electron chi connectivity index (χ0n) is 12.3. The number of hydrogen-bond acceptors (Lipinski definition) is 4. The summed E-state index contributed by atoms with van der Waals surface area (Å²) in [6.45, 7) is 1.75. The van der Waals surface area contributed by atoms with Gasteiger partial charge in [-0.3, -0.25) is 9.98 Å². The number of hydrogen-bond donors (Lipinski definition) is 1. The number of pyridine rings is 1. The monoisotopic (exact) mass is 337 g/mol. The number of benzene rings is 1. The number of amidine groups is 1. The zero-order chi connectivity index (χ0) is 16.6. The number of thioether (sulfide) groups is 1. The van der Waals surface area contributed by atoms with Crippen LogP contribution in [0.2, 0.25) is 0 Å². The predicted molar refractivity (Wildman–Crippen MR) is 85.6 cm³/mol. The van der Waals surface area contributed by atoms with Crippen LogP contribution in [-0.2, 0) is 5.54 Å². The van der Waals surface area contributed by atoms with E-state index < -0.39 is 23.0 Å². The van der Waals surface area contributed by atoms with E-state index in [2.05, 4.69) is 9.98 Å². The fourth-order valence-electron chi connectivity index (χ4n) is 2.62. The third-order valence-corrected chi connectivity index (χ3v) is 4.64. The first-order valence-corrected chi connectivity index (χ1v) is 7.96. The minimum Gasteiger partial charge on any atom is -0.379 e. The minimum absolute atomic E-state index is 0.0848. The van der Waals surface area contributed by atoms with Crippen molar-refractivity contribution in [2.75, 3.05) is 5.75 Å². The molecule has 0 aliphatic carbocycles. The first-order chi connectivity index (χ1) is 10.9. The van der Waals surface area contributed by atoms with Crippen LogP contribution in [0.4, 0.5) is 13.2 Å². The number of rotatable bonds is 2. The Kier molecular flexibility index (Phi) is 4.06. The average molecular weight is 337 g/mol. The first-order valence-electron chi connectivity index (χ1n) is 6.97. The van der Waals surface area contributed by atoms with Crippen LogP contribution in [0.15, 0.2) is 35.6 Å². The summed E-state index contributed by atoms with van der Waals surface area (Å²) in [7, 11) is 0. The summed E-state index contributed by atoms with van der Waals surface area (Å²) in [5.74, 6) is -1.36. The Morgan fingerprint density at radius 3 is 2.61 bits per heavy atom. The van der Waals surface area contributed by atoms with Crippen molar-refractivity contribution in [3.05, 3.63) is 53.6 Å². The van der Waals surface area contributed by atoms with Gasteiger partial charge in [-0.2, -0.15) is 0 Å². The number of nitrogens with zero attached hydrogens (tertiary/aromatic N) is 2. The van der Waals surface area contributed by atoms with Crippen LogP contribution in [0.25, 0.3) is 11.1 Å². The van der Waals surface area contributed by atoms with Gasteiger partial charge >= 0.3 is 0 Å². The molecule has 1 unspecified atom stereocenters. The van der Waals surface area contributed by atoms with Gasteiger partial charge in [0.1, 0.15) is 17.5 Å². The largest absolute Gasteiger partial charge is 0.379 e. The fraction of sp³-hybridized carbons (Fsp3) is 0.250. The van der Waals surface area contributed by atoms with Gasteiger partial charge in [0, 0.05) is 34.7 Å². The first kappa shape index (κ1) is 15.9. The van der Waals surface area contributed by atoms with Gasteiger partial charge in [0.2, 0.25) is 0 Å². The molecule has 1 aliphatic rings. The molecule has 0 saturated heterocycles. The molecule has 1 aliphatic heterocycles. The number of halogens is 3. The van der Waals surface area contributed by atoms with Crippen LogP contribution in [-0.4, -0.2) is 15.9 Å². The molecule has 3 rings (SSSR count). The summed E-state index contributed by atoms with van der Waals surface area (Å²) in [6.07, 6.45) is 2.93. The second-order valence-corrected chi connectivity index (χ2v) is 6.64. The van der Waals surface area contributed by atoms with Gasteiger partial charge in [-0.25, -0.2) is 13.2 Å². The highest BCUT2D eigenvalue weighted by molar-refractivity contribution is 8.13. The summed E-state index contributed by atoms with van der Waals surface area (Å²) in [4.78, 5) is 8.04. The normalized spacial score (nSPS) is 21.1. The Labute approximate surface area is 135 Å². The van der Waals surface area contributed by atoms with E-state index in [-0.39, 0.29) is 16.7 Å². The Bertz CT molecular complexity index is 794. The molecule has 0 spiro atoms. The Hall–Kier alpha value is -2.02. The van der Waals surface area contributed by atoms with Crippen molar-refractivity contribution in [2.24, 2.45) is 10.7 Å². The van der Waals surface area contributed by atoms with E-state index in [9.17, 15) is 13.2 Å². The van der Waals surface area contributed by atoms with Gasteiger partial charge in [-0.1, -0.05) is 11.8 Å². The summed E-state index contributed by atoms with van der Waals surface area (Å²) >= 11 is 1.40. The van der Waals surface area contributed by atoms with Crippen molar-refractivity contribution in [3.8, 4) is 11.1 Å². The van der Waals surface area contributed by atoms with Gasteiger partial charge in [-0.15, -0.1) is 0 Å². The topological polar surface area (TPSA) is 51.3 Å². The second kappa shape index (κ2) is 5.88. The van der Waals surface area contributed by atoms with E-state index in [0.717, 1.165) is 18.3 Å². The lowest BCUT2D eigenvalue weighted by Gasteiger charge is -2.30. The molecular formula is C16H14F3N3S. The maximum atomic E-state index is 14.3. The van der Waals surface area contributed by atoms with Crippen molar-refractivity contribution in [1.82, 2.24) is 4.98 Å². The summed E-state index contributed by atoms with van der Waals surface area (Å²) in [5.41, 5.74) is 5.45. The molecule has 1 atom stereocenters. The molecule has 23 heavy (non-hydrogen) atoms. The highest BCUT2D eigenvalue weighted by atomic mass is 32.2. The van der Waals surface area contributed by atoms with Gasteiger partial charge in [-0.05, 0) is 25.5 Å². The molecule has 2 N–H and O–H groups in total. The molecule has 0 saturated carbocycles. The van der Waals surface area contributed by atoms with E-state index in [4.69, 9.17) is 5.73 Å². The Morgan fingerprint density at radius 2 is 1.91 bits per heavy atom. The van der Waals surface area contributed by atoms with Crippen molar-refractivity contribution < 1.29 is 13.2 Å². The molecule has 1 aromatic heterocycles. The quantitative estimate of drug-likeness (QED) is 0.906. The van der Waals surface area contributed by atoms with Crippen LogP contribution >= 0.6 is 11.8 Å². The molecule has 2 aromatic rings. The van der Waals surface area contributed by atoms with Gasteiger partial charge in [0.05, 0.1) is 11.7 Å². The Balaban J connectivity index is 2.16. The summed E-state index contributed by atoms with van der Waals surface area (Å²) in [5, 5.41) is 0.372. The standard InChI is InChI=1S/C16H14F3N3S/c1-16(2-3-23-15(20)22-16)12-5-11(13(18)6-14(12)19)9-4-10(17)8-21-7-9/h4-8H,2-3H2,1H3,(H2,20,22). The highest BCUT2D eigenvalue weighted by Gasteiger charge is 2.33.